The fraction of sp³-hybridized carbons (Fsp3) is 0.240. The molecule has 2 aromatic heterocycles. The van der Waals surface area contributed by atoms with Crippen molar-refractivity contribution in [3.8, 4) is 10.6 Å². The summed E-state index contributed by atoms with van der Waals surface area (Å²) in [4.78, 5) is 6.61. The number of benzene rings is 2. The number of fused-ring (bicyclic) bond motifs is 5. The van der Waals surface area contributed by atoms with Crippen LogP contribution in [0.3, 0.4) is 0 Å². The number of nitrogens with zero attached hydrogens (tertiary/aromatic N) is 1. The molecule has 5 rings (SSSR count). The number of halogens is 1. The second kappa shape index (κ2) is 6.14. The molecule has 3 heteroatoms. The van der Waals surface area contributed by atoms with Gasteiger partial charge in [-0.2, -0.15) is 0 Å². The van der Waals surface area contributed by atoms with Crippen molar-refractivity contribution in [2.75, 3.05) is 9.86 Å². The molecule has 0 unspecified atom stereocenters. The van der Waals surface area contributed by atoms with Crippen LogP contribution in [0.2, 0.25) is 0 Å². The van der Waals surface area contributed by atoms with Gasteiger partial charge in [-0.3, -0.25) is 0 Å². The molecule has 1 aliphatic rings. The standard InChI is InChI=1S/C25H26INS/c1-17-11-6-8-13-19(17)25(2,3)22-16-10-14-20-24-23(26(4,5)27(20)22)18-12-7-9-15-21(18)28-24/h6-16H,1-5H3. The first-order chi connectivity index (χ1) is 13.3. The van der Waals surface area contributed by atoms with Crippen LogP contribution in [0, 0.1) is 10.5 Å². The van der Waals surface area contributed by atoms with Crippen molar-refractivity contribution in [3.05, 3.63) is 87.1 Å². The molecule has 0 atom stereocenters. The predicted molar refractivity (Wildman–Crippen MR) is 117 cm³/mol. The molecule has 0 radical (unpaired) electrons. The van der Waals surface area contributed by atoms with Crippen molar-refractivity contribution in [2.24, 2.45) is 0 Å². The summed E-state index contributed by atoms with van der Waals surface area (Å²) in [6.07, 6.45) is 0. The van der Waals surface area contributed by atoms with Crippen molar-refractivity contribution in [1.82, 2.24) is 0 Å². The zero-order chi connectivity index (χ0) is 19.7. The maximum atomic E-state index is 2.77. The molecular weight excluding hydrogens is 473 g/mol. The van der Waals surface area contributed by atoms with E-state index in [1.54, 1.807) is 3.57 Å². The third kappa shape index (κ3) is 2.38. The Balaban J connectivity index is 1.81. The predicted octanol–water partition coefficient (Wildman–Crippen LogP) is 2.86. The molecule has 0 aliphatic carbocycles. The second-order valence-electron chi connectivity index (χ2n) is 8.44. The van der Waals surface area contributed by atoms with Gasteiger partial charge in [-0.1, -0.05) is 0 Å². The zero-order valence-corrected chi connectivity index (χ0v) is 20.1. The minimum absolute atomic E-state index is 0.0358. The van der Waals surface area contributed by atoms with E-state index in [-0.39, 0.29) is 5.41 Å². The monoisotopic (exact) mass is 499 g/mol. The molecule has 0 saturated heterocycles. The van der Waals surface area contributed by atoms with Crippen LogP contribution in [0.4, 0.5) is 0 Å². The Kier molecular flexibility index (Phi) is 4.01. The van der Waals surface area contributed by atoms with Crippen molar-refractivity contribution in [1.29, 1.82) is 0 Å². The first-order valence-corrected chi connectivity index (χ1v) is 16.8. The van der Waals surface area contributed by atoms with Crippen molar-refractivity contribution in [3.63, 3.8) is 0 Å². The number of aromatic nitrogens is 1. The summed E-state index contributed by atoms with van der Waals surface area (Å²) in [6, 6.07) is 24.8. The normalized spacial score (nSPS) is 16.0. The van der Waals surface area contributed by atoms with Gasteiger partial charge in [0.25, 0.3) is 0 Å². The first kappa shape index (κ1) is 18.3. The van der Waals surface area contributed by atoms with Gasteiger partial charge in [-0.05, 0) is 0 Å². The topological polar surface area (TPSA) is 3.88 Å². The molecule has 4 aromatic rings. The average molecular weight is 499 g/mol. The SMILES string of the molecule is Cc1ccccc1C(C)(C)c1cccc2[n+]1[I-](C)(C)c1c-2sc2ccccc12. The molecule has 0 fully saturated rings. The summed E-state index contributed by atoms with van der Waals surface area (Å²) in [7, 11) is 0. The number of aryl methyl sites for hydroxylation is 1. The van der Waals surface area contributed by atoms with E-state index in [9.17, 15) is 0 Å². The van der Waals surface area contributed by atoms with E-state index >= 15 is 0 Å². The molecule has 0 saturated carbocycles. The fourth-order valence-electron chi connectivity index (χ4n) is 4.70. The first-order valence-electron chi connectivity index (χ1n) is 9.62. The summed E-state index contributed by atoms with van der Waals surface area (Å²) in [6.45, 7) is 7.01. The van der Waals surface area contributed by atoms with E-state index in [0.717, 1.165) is 0 Å². The van der Waals surface area contributed by atoms with E-state index in [1.807, 2.05) is 11.3 Å². The van der Waals surface area contributed by atoms with Gasteiger partial charge >= 0.3 is 177 Å². The van der Waals surface area contributed by atoms with Crippen LogP contribution in [0.15, 0.2) is 66.7 Å². The van der Waals surface area contributed by atoms with Gasteiger partial charge in [0.05, 0.1) is 0 Å². The summed E-state index contributed by atoms with van der Waals surface area (Å²) in [5.41, 5.74) is 5.64. The number of rotatable bonds is 2. The number of hydrogen-bond donors (Lipinski definition) is 0. The van der Waals surface area contributed by atoms with E-state index in [1.165, 1.54) is 37.5 Å². The van der Waals surface area contributed by atoms with Gasteiger partial charge in [0.2, 0.25) is 0 Å². The molecule has 2 aromatic carbocycles. The summed E-state index contributed by atoms with van der Waals surface area (Å²) in [5.74, 6) is 0. The Morgan fingerprint density at radius 3 is 2.36 bits per heavy atom. The molecule has 28 heavy (non-hydrogen) atoms. The number of thiophene rings is 1. The maximum absolute atomic E-state index is 2.77. The summed E-state index contributed by atoms with van der Waals surface area (Å²) < 4.78 is 5.85. The van der Waals surface area contributed by atoms with Crippen LogP contribution in [-0.2, 0) is 5.41 Å². The van der Waals surface area contributed by atoms with Gasteiger partial charge in [-0.25, -0.2) is 0 Å². The van der Waals surface area contributed by atoms with E-state index < -0.39 is 18.7 Å². The Morgan fingerprint density at radius 1 is 0.857 bits per heavy atom. The van der Waals surface area contributed by atoms with Crippen LogP contribution in [-0.4, -0.2) is 9.86 Å². The van der Waals surface area contributed by atoms with Crippen molar-refractivity contribution < 1.29 is 21.5 Å². The molecular formula is C25H26INS. The Labute approximate surface area is 175 Å². The van der Waals surface area contributed by atoms with Gasteiger partial charge in [0.1, 0.15) is 0 Å². The number of alkyl halides is 2. The summed E-state index contributed by atoms with van der Waals surface area (Å²) >= 11 is -0.427. The van der Waals surface area contributed by atoms with Gasteiger partial charge in [0.15, 0.2) is 0 Å². The quantitative estimate of drug-likeness (QED) is 0.295. The Bertz CT molecular complexity index is 1230. The molecule has 1 nitrogen and oxygen atoms in total. The van der Waals surface area contributed by atoms with Gasteiger partial charge < -0.3 is 0 Å². The third-order valence-electron chi connectivity index (χ3n) is 6.04. The number of hydrogen-bond acceptors (Lipinski definition) is 1. The third-order valence-corrected chi connectivity index (χ3v) is 14.8. The van der Waals surface area contributed by atoms with Gasteiger partial charge in [-0.15, -0.1) is 0 Å². The molecule has 0 amide bonds. The summed E-state index contributed by atoms with van der Waals surface area (Å²) in [5, 5.41) is 1.48. The zero-order valence-electron chi connectivity index (χ0n) is 17.1. The van der Waals surface area contributed by atoms with Crippen molar-refractivity contribution in [2.45, 2.75) is 26.2 Å². The fourth-order valence-corrected chi connectivity index (χ4v) is 15.4. The van der Waals surface area contributed by atoms with E-state index in [0.29, 0.717) is 0 Å². The number of pyridine rings is 1. The van der Waals surface area contributed by atoms with Crippen molar-refractivity contribution >= 4 is 21.4 Å². The molecule has 0 N–H and O–H groups in total. The van der Waals surface area contributed by atoms with E-state index in [2.05, 4.69) is 100 Å². The minimum atomic E-state index is -2.40. The van der Waals surface area contributed by atoms with Crippen LogP contribution < -0.4 is 21.5 Å². The van der Waals surface area contributed by atoms with Crippen LogP contribution in [0.25, 0.3) is 20.7 Å². The molecule has 0 bridgehead atoms. The van der Waals surface area contributed by atoms with Gasteiger partial charge in [0, 0.05) is 0 Å². The molecule has 3 heterocycles. The Morgan fingerprint density at radius 2 is 1.57 bits per heavy atom. The Hall–Kier alpha value is -1.72. The second-order valence-corrected chi connectivity index (χ2v) is 18.3. The van der Waals surface area contributed by atoms with E-state index in [4.69, 9.17) is 0 Å². The molecule has 1 aliphatic heterocycles. The van der Waals surface area contributed by atoms with Crippen LogP contribution >= 0.6 is 11.3 Å². The molecule has 144 valence electrons. The molecule has 0 spiro atoms. The van der Waals surface area contributed by atoms with Crippen LogP contribution in [0.5, 0.6) is 0 Å². The average Bonchev–Trinajstić information content (AvgIpc) is 3.17. The van der Waals surface area contributed by atoms with Crippen LogP contribution in [0.1, 0.15) is 30.7 Å².